The molecule has 0 saturated heterocycles. The quantitative estimate of drug-likeness (QED) is 0.750. The third-order valence-corrected chi connectivity index (χ3v) is 5.55. The molecule has 21 heavy (non-hydrogen) atoms. The maximum absolute atomic E-state index is 13.5. The third kappa shape index (κ3) is 4.49. The Hall–Kier alpha value is -0.980. The second kappa shape index (κ2) is 7.87. The molecule has 0 aliphatic carbocycles. The van der Waals surface area contributed by atoms with Crippen LogP contribution >= 0.6 is 0 Å². The maximum atomic E-state index is 13.5. The van der Waals surface area contributed by atoms with Gasteiger partial charge in [0, 0.05) is 19.1 Å². The van der Waals surface area contributed by atoms with E-state index in [0.717, 1.165) is 25.3 Å². The van der Waals surface area contributed by atoms with E-state index in [0.29, 0.717) is 12.1 Å². The number of unbranched alkanes of at least 4 members (excludes halogenated alkanes) is 2. The Morgan fingerprint density at radius 1 is 1.29 bits per heavy atom. The van der Waals surface area contributed by atoms with E-state index in [2.05, 4.69) is 6.92 Å². The zero-order chi connectivity index (χ0) is 16.0. The maximum Gasteiger partial charge on any atom is 0.243 e. The van der Waals surface area contributed by atoms with Crippen molar-refractivity contribution in [1.82, 2.24) is 4.31 Å². The van der Waals surface area contributed by atoms with Crippen LogP contribution in [-0.2, 0) is 16.6 Å². The monoisotopic (exact) mass is 316 g/mol. The molecule has 120 valence electrons. The fraction of sp³-hybridized carbons (Fsp3) is 0.600. The minimum absolute atomic E-state index is 0.0183. The molecule has 4 nitrogen and oxygen atoms in total. The molecule has 2 N–H and O–H groups in total. The first-order chi connectivity index (χ1) is 9.84. The van der Waals surface area contributed by atoms with Crippen molar-refractivity contribution in [2.45, 2.75) is 57.5 Å². The van der Waals surface area contributed by atoms with Crippen LogP contribution in [0.2, 0.25) is 0 Å². The highest BCUT2D eigenvalue weighted by atomic mass is 32.2. The molecule has 1 rings (SSSR count). The second-order valence-electron chi connectivity index (χ2n) is 5.37. The van der Waals surface area contributed by atoms with Gasteiger partial charge in [-0.2, -0.15) is 4.31 Å². The number of rotatable bonds is 8. The zero-order valence-corrected chi connectivity index (χ0v) is 13.8. The Morgan fingerprint density at radius 2 is 1.95 bits per heavy atom. The Kier molecular flexibility index (Phi) is 6.77. The number of halogens is 1. The van der Waals surface area contributed by atoms with Gasteiger partial charge in [0.1, 0.15) is 5.82 Å². The molecule has 0 radical (unpaired) electrons. The molecule has 0 heterocycles. The highest BCUT2D eigenvalue weighted by molar-refractivity contribution is 7.89. The van der Waals surface area contributed by atoms with Crippen molar-refractivity contribution >= 4 is 10.0 Å². The van der Waals surface area contributed by atoms with Gasteiger partial charge in [-0.25, -0.2) is 12.8 Å². The van der Waals surface area contributed by atoms with Gasteiger partial charge in [0.05, 0.1) is 4.90 Å². The van der Waals surface area contributed by atoms with Crippen LogP contribution in [0.3, 0.4) is 0 Å². The van der Waals surface area contributed by atoms with Crippen molar-refractivity contribution in [3.05, 3.63) is 29.6 Å². The summed E-state index contributed by atoms with van der Waals surface area (Å²) in [5.74, 6) is -0.567. The van der Waals surface area contributed by atoms with Gasteiger partial charge in [-0.3, -0.25) is 0 Å². The minimum Gasteiger partial charge on any atom is -0.326 e. The zero-order valence-electron chi connectivity index (χ0n) is 13.0. The number of sulfonamides is 1. The predicted molar refractivity (Wildman–Crippen MR) is 82.8 cm³/mol. The Morgan fingerprint density at radius 3 is 2.48 bits per heavy atom. The largest absolute Gasteiger partial charge is 0.326 e. The average Bonchev–Trinajstić information content (AvgIpc) is 2.42. The van der Waals surface area contributed by atoms with Gasteiger partial charge in [0.15, 0.2) is 0 Å². The standard InChI is InChI=1S/C15H25FN2O2S/c1-4-5-6-9-18(12(2)3)21(19,20)15-10-14(16)8-7-13(15)11-17/h7-8,10,12H,4-6,9,11,17H2,1-3H3. The second-order valence-corrected chi connectivity index (χ2v) is 7.23. The Labute approximate surface area is 127 Å². The fourth-order valence-electron chi connectivity index (χ4n) is 2.24. The van der Waals surface area contributed by atoms with E-state index in [1.54, 1.807) is 0 Å². The molecule has 0 aromatic heterocycles. The van der Waals surface area contributed by atoms with E-state index in [9.17, 15) is 12.8 Å². The SMILES string of the molecule is CCCCCN(C(C)C)S(=O)(=O)c1cc(F)ccc1CN. The van der Waals surface area contributed by atoms with Crippen LogP contribution in [0.5, 0.6) is 0 Å². The van der Waals surface area contributed by atoms with Crippen LogP contribution in [0.25, 0.3) is 0 Å². The molecule has 6 heteroatoms. The summed E-state index contributed by atoms with van der Waals surface area (Å²) < 4.78 is 40.5. The lowest BCUT2D eigenvalue weighted by Crippen LogP contribution is -2.38. The molecule has 1 aromatic carbocycles. The van der Waals surface area contributed by atoms with Crippen molar-refractivity contribution in [2.75, 3.05) is 6.54 Å². The van der Waals surface area contributed by atoms with E-state index in [1.807, 2.05) is 13.8 Å². The number of nitrogens with zero attached hydrogens (tertiary/aromatic N) is 1. The molecular formula is C15H25FN2O2S. The molecule has 1 aromatic rings. The highest BCUT2D eigenvalue weighted by Crippen LogP contribution is 2.23. The van der Waals surface area contributed by atoms with E-state index in [4.69, 9.17) is 5.73 Å². The first-order valence-electron chi connectivity index (χ1n) is 7.35. The van der Waals surface area contributed by atoms with E-state index in [1.165, 1.54) is 16.4 Å². The molecule has 0 saturated carbocycles. The summed E-state index contributed by atoms with van der Waals surface area (Å²) in [6.07, 6.45) is 2.77. The van der Waals surface area contributed by atoms with Crippen LogP contribution in [-0.4, -0.2) is 25.3 Å². The highest BCUT2D eigenvalue weighted by Gasteiger charge is 2.28. The first-order valence-corrected chi connectivity index (χ1v) is 8.79. The number of nitrogens with two attached hydrogens (primary N) is 1. The van der Waals surface area contributed by atoms with Crippen molar-refractivity contribution in [3.63, 3.8) is 0 Å². The van der Waals surface area contributed by atoms with E-state index >= 15 is 0 Å². The Bertz CT molecular complexity index is 559. The normalized spacial score (nSPS) is 12.3. The summed E-state index contributed by atoms with van der Waals surface area (Å²) in [7, 11) is -3.73. The predicted octanol–water partition coefficient (Wildman–Crippen LogP) is 2.87. The van der Waals surface area contributed by atoms with Gasteiger partial charge >= 0.3 is 0 Å². The van der Waals surface area contributed by atoms with Gasteiger partial charge in [-0.15, -0.1) is 0 Å². The van der Waals surface area contributed by atoms with Crippen LogP contribution in [0.1, 0.15) is 45.6 Å². The fourth-order valence-corrected chi connectivity index (χ4v) is 4.16. The summed E-state index contributed by atoms with van der Waals surface area (Å²) in [5.41, 5.74) is 6.03. The number of hydrogen-bond donors (Lipinski definition) is 1. The van der Waals surface area contributed by atoms with Crippen LogP contribution in [0, 0.1) is 5.82 Å². The van der Waals surface area contributed by atoms with Crippen molar-refractivity contribution < 1.29 is 12.8 Å². The molecule has 0 bridgehead atoms. The molecule has 0 unspecified atom stereocenters. The van der Waals surface area contributed by atoms with Crippen LogP contribution in [0.4, 0.5) is 4.39 Å². The molecule has 0 aliphatic rings. The molecule has 0 fully saturated rings. The van der Waals surface area contributed by atoms with Crippen molar-refractivity contribution in [3.8, 4) is 0 Å². The van der Waals surface area contributed by atoms with Gasteiger partial charge in [0.25, 0.3) is 0 Å². The van der Waals surface area contributed by atoms with Gasteiger partial charge in [-0.1, -0.05) is 25.8 Å². The summed E-state index contributed by atoms with van der Waals surface area (Å²) in [5, 5.41) is 0. The van der Waals surface area contributed by atoms with Crippen molar-refractivity contribution in [2.24, 2.45) is 5.73 Å². The van der Waals surface area contributed by atoms with Gasteiger partial charge < -0.3 is 5.73 Å². The molecule has 0 aliphatic heterocycles. The smallest absolute Gasteiger partial charge is 0.243 e. The Balaban J connectivity index is 3.19. The topological polar surface area (TPSA) is 63.4 Å². The summed E-state index contributed by atoms with van der Waals surface area (Å²) in [4.78, 5) is -0.0183. The molecule has 0 amide bonds. The van der Waals surface area contributed by atoms with Gasteiger partial charge in [-0.05, 0) is 38.0 Å². The lowest BCUT2D eigenvalue weighted by Gasteiger charge is -2.27. The van der Waals surface area contributed by atoms with Crippen LogP contribution < -0.4 is 5.73 Å². The number of hydrogen-bond acceptors (Lipinski definition) is 3. The summed E-state index contributed by atoms with van der Waals surface area (Å²) in [6, 6.07) is 3.55. The summed E-state index contributed by atoms with van der Waals surface area (Å²) in [6.45, 7) is 6.22. The molecular weight excluding hydrogens is 291 g/mol. The molecule has 0 spiro atoms. The first kappa shape index (κ1) is 18.1. The lowest BCUT2D eigenvalue weighted by molar-refractivity contribution is 0.345. The van der Waals surface area contributed by atoms with E-state index in [-0.39, 0.29) is 17.5 Å². The lowest BCUT2D eigenvalue weighted by atomic mass is 10.2. The van der Waals surface area contributed by atoms with Crippen LogP contribution in [0.15, 0.2) is 23.1 Å². The minimum atomic E-state index is -3.73. The molecule has 0 atom stereocenters. The summed E-state index contributed by atoms with van der Waals surface area (Å²) >= 11 is 0. The van der Waals surface area contributed by atoms with Gasteiger partial charge in [0.2, 0.25) is 10.0 Å². The number of benzene rings is 1. The third-order valence-electron chi connectivity index (χ3n) is 3.39. The van der Waals surface area contributed by atoms with Crippen molar-refractivity contribution in [1.29, 1.82) is 0 Å². The average molecular weight is 316 g/mol. The van der Waals surface area contributed by atoms with E-state index < -0.39 is 15.8 Å².